The minimum absolute atomic E-state index is 0.0124. The lowest BCUT2D eigenvalue weighted by atomic mass is 9.90. The van der Waals surface area contributed by atoms with Crippen LogP contribution in [0.1, 0.15) is 35.3 Å². The Morgan fingerprint density at radius 1 is 1.24 bits per heavy atom. The zero-order chi connectivity index (χ0) is 20.4. The second-order valence-electron chi connectivity index (χ2n) is 7.90. The molecular formula is C22H23ClFN3O2. The van der Waals surface area contributed by atoms with Crippen LogP contribution in [0.2, 0.25) is 5.02 Å². The molecule has 0 bridgehead atoms. The zero-order valence-corrected chi connectivity index (χ0v) is 16.8. The van der Waals surface area contributed by atoms with Gasteiger partial charge in [0.15, 0.2) is 0 Å². The number of amides is 2. The van der Waals surface area contributed by atoms with E-state index in [4.69, 9.17) is 11.6 Å². The summed E-state index contributed by atoms with van der Waals surface area (Å²) >= 11 is 6.02. The molecule has 2 aromatic rings. The average molecular weight is 416 g/mol. The summed E-state index contributed by atoms with van der Waals surface area (Å²) in [5.41, 5.74) is 1.30. The highest BCUT2D eigenvalue weighted by atomic mass is 35.5. The summed E-state index contributed by atoms with van der Waals surface area (Å²) < 4.78 is 13.2. The van der Waals surface area contributed by atoms with Crippen LogP contribution >= 0.6 is 11.6 Å². The van der Waals surface area contributed by atoms with Gasteiger partial charge in [0.1, 0.15) is 5.82 Å². The Kier molecular flexibility index (Phi) is 5.54. The van der Waals surface area contributed by atoms with E-state index in [2.05, 4.69) is 10.3 Å². The van der Waals surface area contributed by atoms with Crippen molar-refractivity contribution in [3.63, 3.8) is 0 Å². The number of carbonyl (C=O) groups excluding carboxylic acids is 2. The number of halogens is 2. The largest absolute Gasteiger partial charge is 0.355 e. The van der Waals surface area contributed by atoms with Crippen LogP contribution in [0.4, 0.5) is 4.39 Å². The third-order valence-corrected chi connectivity index (χ3v) is 6.43. The quantitative estimate of drug-likeness (QED) is 0.813. The maximum absolute atomic E-state index is 13.2. The first-order valence-electron chi connectivity index (χ1n) is 9.90. The molecule has 29 heavy (non-hydrogen) atoms. The van der Waals surface area contributed by atoms with E-state index in [9.17, 15) is 14.0 Å². The molecule has 2 amide bonds. The zero-order valence-electron chi connectivity index (χ0n) is 16.0. The molecule has 1 aromatic heterocycles. The van der Waals surface area contributed by atoms with Gasteiger partial charge >= 0.3 is 0 Å². The van der Waals surface area contributed by atoms with E-state index in [1.807, 2.05) is 18.2 Å². The molecular weight excluding hydrogens is 393 g/mol. The lowest BCUT2D eigenvalue weighted by molar-refractivity contribution is -0.123. The van der Waals surface area contributed by atoms with Gasteiger partial charge in [-0.2, -0.15) is 0 Å². The highest BCUT2D eigenvalue weighted by Crippen LogP contribution is 2.59. The second kappa shape index (κ2) is 8.11. The lowest BCUT2D eigenvalue weighted by Crippen LogP contribution is -2.40. The second-order valence-corrected chi connectivity index (χ2v) is 8.30. The van der Waals surface area contributed by atoms with E-state index in [1.54, 1.807) is 11.1 Å². The number of likely N-dealkylation sites (tertiary alicyclic amines) is 1. The van der Waals surface area contributed by atoms with Crippen molar-refractivity contribution in [1.29, 1.82) is 0 Å². The first-order valence-corrected chi connectivity index (χ1v) is 10.3. The molecule has 0 unspecified atom stereocenters. The first-order chi connectivity index (χ1) is 14.0. The number of aromatic nitrogens is 1. The highest BCUT2D eigenvalue weighted by molar-refractivity contribution is 6.33. The van der Waals surface area contributed by atoms with Crippen LogP contribution in [0, 0.1) is 17.2 Å². The van der Waals surface area contributed by atoms with Crippen molar-refractivity contribution in [2.24, 2.45) is 11.3 Å². The lowest BCUT2D eigenvalue weighted by Gasteiger charge is -2.33. The van der Waals surface area contributed by atoms with Crippen LogP contribution in [-0.4, -0.2) is 41.3 Å². The molecule has 1 aliphatic heterocycles. The van der Waals surface area contributed by atoms with Crippen molar-refractivity contribution in [2.75, 3.05) is 19.6 Å². The van der Waals surface area contributed by atoms with Crippen molar-refractivity contribution in [3.8, 4) is 0 Å². The Hall–Kier alpha value is -2.47. The number of benzene rings is 1. The predicted octanol–water partition coefficient (Wildman–Crippen LogP) is 3.48. The summed E-state index contributed by atoms with van der Waals surface area (Å²) in [6.45, 7) is 1.75. The van der Waals surface area contributed by atoms with E-state index >= 15 is 0 Å². The predicted molar refractivity (Wildman–Crippen MR) is 108 cm³/mol. The number of hydrogen-bond acceptors (Lipinski definition) is 3. The maximum Gasteiger partial charge on any atom is 0.255 e. The molecule has 2 fully saturated rings. The van der Waals surface area contributed by atoms with Crippen LogP contribution in [0.25, 0.3) is 0 Å². The van der Waals surface area contributed by atoms with Crippen molar-refractivity contribution in [1.82, 2.24) is 15.2 Å². The van der Waals surface area contributed by atoms with Crippen molar-refractivity contribution in [3.05, 3.63) is 64.7 Å². The molecule has 4 rings (SSSR count). The Morgan fingerprint density at radius 3 is 2.72 bits per heavy atom. The van der Waals surface area contributed by atoms with E-state index < -0.39 is 5.82 Å². The fourth-order valence-corrected chi connectivity index (χ4v) is 4.49. The summed E-state index contributed by atoms with van der Waals surface area (Å²) in [7, 11) is 0. The van der Waals surface area contributed by atoms with Crippen LogP contribution in [-0.2, 0) is 11.2 Å². The van der Waals surface area contributed by atoms with E-state index in [0.29, 0.717) is 31.6 Å². The van der Waals surface area contributed by atoms with Gasteiger partial charge in [0.05, 0.1) is 10.6 Å². The smallest absolute Gasteiger partial charge is 0.255 e. The Bertz CT molecular complexity index is 914. The van der Waals surface area contributed by atoms with Gasteiger partial charge in [-0.3, -0.25) is 14.6 Å². The van der Waals surface area contributed by atoms with Gasteiger partial charge in [-0.05, 0) is 55.0 Å². The standard InChI is InChI=1S/C22H23ClFN3O2/c23-19-13-15(24)4-5-17(19)21(29)27-11-7-22(8-12-27)14-18(22)20(28)26-10-6-16-3-1-2-9-25-16/h1-5,9,13,18H,6-8,10-12,14H2,(H,26,28)/t18-/m0/s1. The Balaban J connectivity index is 1.26. The maximum atomic E-state index is 13.2. The number of piperidine rings is 1. The number of nitrogens with zero attached hydrogens (tertiary/aromatic N) is 2. The summed E-state index contributed by atoms with van der Waals surface area (Å²) in [5.74, 6) is -0.513. The van der Waals surface area contributed by atoms with Crippen LogP contribution < -0.4 is 5.32 Å². The molecule has 1 saturated carbocycles. The monoisotopic (exact) mass is 415 g/mol. The summed E-state index contributed by atoms with van der Waals surface area (Å²) in [4.78, 5) is 31.2. The molecule has 7 heteroatoms. The van der Waals surface area contributed by atoms with Crippen molar-refractivity contribution >= 4 is 23.4 Å². The minimum Gasteiger partial charge on any atom is -0.355 e. The normalized spacial score (nSPS) is 19.8. The summed E-state index contributed by atoms with van der Waals surface area (Å²) in [6.07, 6.45) is 4.95. The number of hydrogen-bond donors (Lipinski definition) is 1. The molecule has 1 spiro atoms. The molecule has 5 nitrogen and oxygen atoms in total. The topological polar surface area (TPSA) is 62.3 Å². The van der Waals surface area contributed by atoms with Crippen LogP contribution in [0.15, 0.2) is 42.6 Å². The van der Waals surface area contributed by atoms with E-state index in [1.165, 1.54) is 12.1 Å². The molecule has 0 radical (unpaired) electrons. The molecule has 152 valence electrons. The average Bonchev–Trinajstić information content (AvgIpc) is 3.42. The number of pyridine rings is 1. The van der Waals surface area contributed by atoms with Gasteiger partial charge in [-0.25, -0.2) is 4.39 Å². The fourth-order valence-electron chi connectivity index (χ4n) is 4.24. The summed E-state index contributed by atoms with van der Waals surface area (Å²) in [6, 6.07) is 9.60. The number of rotatable bonds is 5. The van der Waals surface area contributed by atoms with Gasteiger partial charge in [0, 0.05) is 43.9 Å². The molecule has 2 aliphatic rings. The number of nitrogens with one attached hydrogen (secondary N) is 1. The molecule has 1 N–H and O–H groups in total. The SMILES string of the molecule is O=C(NCCc1ccccn1)[C@@H]1CC12CCN(C(=O)c1ccc(F)cc1Cl)CC2. The molecule has 1 saturated heterocycles. The first kappa shape index (κ1) is 19.8. The van der Waals surface area contributed by atoms with Gasteiger partial charge in [-0.15, -0.1) is 0 Å². The summed E-state index contributed by atoms with van der Waals surface area (Å²) in [5, 5.41) is 3.16. The van der Waals surface area contributed by atoms with Gasteiger partial charge in [-0.1, -0.05) is 17.7 Å². The number of carbonyl (C=O) groups is 2. The van der Waals surface area contributed by atoms with Gasteiger partial charge < -0.3 is 10.2 Å². The van der Waals surface area contributed by atoms with Crippen LogP contribution in [0.5, 0.6) is 0 Å². The van der Waals surface area contributed by atoms with Gasteiger partial charge in [0.25, 0.3) is 5.91 Å². The van der Waals surface area contributed by atoms with Crippen molar-refractivity contribution < 1.29 is 14.0 Å². The van der Waals surface area contributed by atoms with E-state index in [0.717, 1.165) is 31.0 Å². The molecule has 1 aliphatic carbocycles. The third kappa shape index (κ3) is 4.27. The Labute approximate surface area is 174 Å². The van der Waals surface area contributed by atoms with E-state index in [-0.39, 0.29) is 28.2 Å². The minimum atomic E-state index is -0.459. The highest BCUT2D eigenvalue weighted by Gasteiger charge is 2.58. The fraction of sp³-hybridized carbons (Fsp3) is 0.409. The van der Waals surface area contributed by atoms with Crippen LogP contribution in [0.3, 0.4) is 0 Å². The molecule has 1 aromatic carbocycles. The molecule has 2 heterocycles. The Morgan fingerprint density at radius 2 is 2.03 bits per heavy atom. The van der Waals surface area contributed by atoms with Crippen molar-refractivity contribution in [2.45, 2.75) is 25.7 Å². The van der Waals surface area contributed by atoms with Gasteiger partial charge in [0.2, 0.25) is 5.91 Å². The molecule has 1 atom stereocenters. The third-order valence-electron chi connectivity index (χ3n) is 6.12.